The summed E-state index contributed by atoms with van der Waals surface area (Å²) >= 11 is 0. The summed E-state index contributed by atoms with van der Waals surface area (Å²) in [6, 6.07) is 5.38. The zero-order valence-electron chi connectivity index (χ0n) is 23.4. The second-order valence-electron chi connectivity index (χ2n) is 12.7. The topological polar surface area (TPSA) is 143 Å². The summed E-state index contributed by atoms with van der Waals surface area (Å²) < 4.78 is 5.21. The molecule has 5 rings (SSSR count). The Morgan fingerprint density at radius 2 is 1.93 bits per heavy atom. The van der Waals surface area contributed by atoms with E-state index in [1.165, 1.54) is 0 Å². The summed E-state index contributed by atoms with van der Waals surface area (Å²) in [5.41, 5.74) is -0.961. The molecule has 0 aromatic carbocycles. The van der Waals surface area contributed by atoms with Crippen LogP contribution in [0.25, 0.3) is 0 Å². The Kier molecular flexibility index (Phi) is 7.74. The molecular weight excluding hydrogens is 512 g/mol. The molecule has 3 saturated carbocycles. The van der Waals surface area contributed by atoms with E-state index in [1.54, 1.807) is 24.4 Å². The molecule has 1 aromatic rings. The zero-order valence-corrected chi connectivity index (χ0v) is 23.4. The third-order valence-electron chi connectivity index (χ3n) is 10.6. The van der Waals surface area contributed by atoms with Crippen LogP contribution in [0.3, 0.4) is 0 Å². The second kappa shape index (κ2) is 10.8. The normalized spacial score (nSPS) is 36.5. The van der Waals surface area contributed by atoms with Crippen molar-refractivity contribution >= 4 is 23.4 Å². The number of aliphatic hydroxyl groups is 2. The lowest BCUT2D eigenvalue weighted by atomic mass is 9.45. The maximum atomic E-state index is 13.4. The van der Waals surface area contributed by atoms with E-state index in [0.29, 0.717) is 18.5 Å². The van der Waals surface area contributed by atoms with E-state index < -0.39 is 35.5 Å². The average Bonchev–Trinajstić information content (AvgIpc) is 3.20. The first-order chi connectivity index (χ1) is 19.0. The van der Waals surface area contributed by atoms with Crippen LogP contribution in [-0.4, -0.2) is 57.0 Å². The SMILES string of the molecule is C[C@]12CCC(=O)C=C1CC[C@H]1[C@H]2[C@@H](O)C[C@@]2(C)[C@H]1CC[C@]2(O)C(=O)COC(=O)CCC(=O)NCc1ccccn1. The highest BCUT2D eigenvalue weighted by atomic mass is 16.5. The minimum Gasteiger partial charge on any atom is -0.458 e. The van der Waals surface area contributed by atoms with Crippen LogP contribution in [0.4, 0.5) is 0 Å². The first kappa shape index (κ1) is 28.6. The first-order valence-electron chi connectivity index (χ1n) is 14.5. The molecule has 9 heteroatoms. The van der Waals surface area contributed by atoms with Gasteiger partial charge in [0.2, 0.25) is 11.7 Å². The number of carbonyl (C=O) groups is 4. The fourth-order valence-corrected chi connectivity index (χ4v) is 8.48. The number of aromatic nitrogens is 1. The van der Waals surface area contributed by atoms with E-state index in [0.717, 1.165) is 24.8 Å². The van der Waals surface area contributed by atoms with Gasteiger partial charge >= 0.3 is 5.97 Å². The number of fused-ring (bicyclic) bond motifs is 5. The summed E-state index contributed by atoms with van der Waals surface area (Å²) in [5.74, 6) is -1.24. The zero-order chi connectivity index (χ0) is 28.7. The number of pyridine rings is 1. The van der Waals surface area contributed by atoms with Gasteiger partial charge in [0.1, 0.15) is 5.60 Å². The number of amides is 1. The van der Waals surface area contributed by atoms with Gasteiger partial charge in [0.15, 0.2) is 12.4 Å². The third-order valence-corrected chi connectivity index (χ3v) is 10.6. The highest BCUT2D eigenvalue weighted by molar-refractivity contribution is 5.92. The van der Waals surface area contributed by atoms with Crippen LogP contribution >= 0.6 is 0 Å². The van der Waals surface area contributed by atoms with Gasteiger partial charge in [-0.15, -0.1) is 0 Å². The number of ether oxygens (including phenoxy) is 1. The Balaban J connectivity index is 1.18. The predicted octanol–water partition coefficient (Wildman–Crippen LogP) is 2.82. The number of hydrogen-bond donors (Lipinski definition) is 3. The summed E-state index contributed by atoms with van der Waals surface area (Å²) in [5, 5.41) is 26.0. The number of hydrogen-bond acceptors (Lipinski definition) is 8. The summed E-state index contributed by atoms with van der Waals surface area (Å²) in [7, 11) is 0. The van der Waals surface area contributed by atoms with Crippen molar-refractivity contribution < 1.29 is 34.1 Å². The van der Waals surface area contributed by atoms with Crippen molar-refractivity contribution in [1.82, 2.24) is 10.3 Å². The number of esters is 1. The van der Waals surface area contributed by atoms with Crippen molar-refractivity contribution in [2.45, 2.75) is 89.9 Å². The van der Waals surface area contributed by atoms with Gasteiger partial charge in [0, 0.05) is 24.5 Å². The van der Waals surface area contributed by atoms with Gasteiger partial charge in [-0.1, -0.05) is 25.5 Å². The number of aliphatic hydroxyl groups excluding tert-OH is 1. The van der Waals surface area contributed by atoms with E-state index in [4.69, 9.17) is 4.74 Å². The van der Waals surface area contributed by atoms with Crippen LogP contribution in [-0.2, 0) is 30.5 Å². The Morgan fingerprint density at radius 3 is 2.67 bits per heavy atom. The molecule has 0 bridgehead atoms. The van der Waals surface area contributed by atoms with Gasteiger partial charge < -0.3 is 20.3 Å². The van der Waals surface area contributed by atoms with Gasteiger partial charge in [0.25, 0.3) is 0 Å². The number of nitrogens with zero attached hydrogens (tertiary/aromatic N) is 1. The van der Waals surface area contributed by atoms with E-state index in [1.807, 2.05) is 13.0 Å². The molecule has 1 aromatic heterocycles. The summed E-state index contributed by atoms with van der Waals surface area (Å²) in [4.78, 5) is 54.0. The van der Waals surface area contributed by atoms with Gasteiger partial charge in [0.05, 0.1) is 24.8 Å². The highest BCUT2D eigenvalue weighted by Crippen LogP contribution is 2.67. The monoisotopic (exact) mass is 552 g/mol. The Morgan fingerprint density at radius 1 is 1.12 bits per heavy atom. The third kappa shape index (κ3) is 4.91. The van der Waals surface area contributed by atoms with Gasteiger partial charge in [-0.2, -0.15) is 0 Å². The Labute approximate surface area is 234 Å². The molecule has 1 amide bonds. The molecule has 1 heterocycles. The van der Waals surface area contributed by atoms with Crippen molar-refractivity contribution in [3.63, 3.8) is 0 Å². The van der Waals surface area contributed by atoms with Crippen molar-refractivity contribution in [2.75, 3.05) is 6.61 Å². The number of nitrogens with one attached hydrogen (secondary N) is 1. The standard InChI is InChI=1S/C31H40N2O7/c1-29-12-10-21(34)15-19(29)6-7-22-23-11-13-31(39,30(23,2)16-24(35)28(22)29)25(36)18-40-27(38)9-8-26(37)33-17-20-5-3-4-14-32-20/h3-5,14-15,22-24,28,35,39H,6-13,16-18H2,1-2H3,(H,33,37)/t22-,23+,24+,28+,29+,30+,31+/m1/s1. The predicted molar refractivity (Wildman–Crippen MR) is 144 cm³/mol. The molecule has 0 unspecified atom stereocenters. The van der Waals surface area contributed by atoms with Crippen molar-refractivity contribution in [3.05, 3.63) is 41.7 Å². The molecule has 3 N–H and O–H groups in total. The van der Waals surface area contributed by atoms with Crippen molar-refractivity contribution in [3.8, 4) is 0 Å². The fourth-order valence-electron chi connectivity index (χ4n) is 8.48. The van der Waals surface area contributed by atoms with Crippen LogP contribution < -0.4 is 5.32 Å². The minimum absolute atomic E-state index is 0.0160. The Bertz CT molecular complexity index is 1220. The van der Waals surface area contributed by atoms with Crippen LogP contribution in [0.5, 0.6) is 0 Å². The number of allylic oxidation sites excluding steroid dienone is 1. The lowest BCUT2D eigenvalue weighted by molar-refractivity contribution is -0.184. The van der Waals surface area contributed by atoms with Crippen molar-refractivity contribution in [2.24, 2.45) is 28.6 Å². The maximum Gasteiger partial charge on any atom is 0.306 e. The highest BCUT2D eigenvalue weighted by Gasteiger charge is 2.68. The maximum absolute atomic E-state index is 13.4. The minimum atomic E-state index is -1.70. The van der Waals surface area contributed by atoms with E-state index in [9.17, 15) is 29.4 Å². The number of rotatable bonds is 8. The molecule has 4 aliphatic rings. The van der Waals surface area contributed by atoms with E-state index in [2.05, 4.69) is 17.2 Å². The Hall–Kier alpha value is -2.91. The molecule has 7 atom stereocenters. The smallest absolute Gasteiger partial charge is 0.306 e. The van der Waals surface area contributed by atoms with Crippen LogP contribution in [0, 0.1) is 28.6 Å². The molecule has 216 valence electrons. The molecular formula is C31H40N2O7. The van der Waals surface area contributed by atoms with Crippen LogP contribution in [0.1, 0.15) is 77.3 Å². The molecule has 0 saturated heterocycles. The second-order valence-corrected chi connectivity index (χ2v) is 12.7. The molecule has 3 fully saturated rings. The quantitative estimate of drug-likeness (QED) is 0.418. The molecule has 0 aliphatic heterocycles. The number of carbonyl (C=O) groups excluding carboxylic acids is 4. The lowest BCUT2D eigenvalue weighted by Crippen LogP contribution is -2.62. The molecule has 0 radical (unpaired) electrons. The van der Waals surface area contributed by atoms with E-state index >= 15 is 0 Å². The number of Topliss-reactive ketones (excluding diaryl/α,β-unsaturated/α-hetero) is 1. The van der Waals surface area contributed by atoms with Gasteiger partial charge in [-0.3, -0.25) is 24.2 Å². The van der Waals surface area contributed by atoms with Crippen LogP contribution in [0.2, 0.25) is 0 Å². The van der Waals surface area contributed by atoms with E-state index in [-0.39, 0.29) is 67.1 Å². The molecule has 0 spiro atoms. The van der Waals surface area contributed by atoms with Crippen LogP contribution in [0.15, 0.2) is 36.0 Å². The summed E-state index contributed by atoms with van der Waals surface area (Å²) in [6.45, 7) is 3.75. The summed E-state index contributed by atoms with van der Waals surface area (Å²) in [6.07, 6.45) is 6.45. The average molecular weight is 553 g/mol. The first-order valence-corrected chi connectivity index (χ1v) is 14.5. The van der Waals surface area contributed by atoms with Crippen molar-refractivity contribution in [1.29, 1.82) is 0 Å². The van der Waals surface area contributed by atoms with Gasteiger partial charge in [-0.25, -0.2) is 0 Å². The van der Waals surface area contributed by atoms with Gasteiger partial charge in [-0.05, 0) is 79.9 Å². The molecule has 40 heavy (non-hydrogen) atoms. The largest absolute Gasteiger partial charge is 0.458 e. The fraction of sp³-hybridized carbons (Fsp3) is 0.645. The molecule has 9 nitrogen and oxygen atoms in total. The molecule has 4 aliphatic carbocycles. The lowest BCUT2D eigenvalue weighted by Gasteiger charge is -2.60. The number of ketones is 2.